The molecule has 0 aliphatic carbocycles. The molecule has 254 valence electrons. The van der Waals surface area contributed by atoms with Crippen molar-refractivity contribution >= 4 is 10.2 Å². The van der Waals surface area contributed by atoms with Crippen molar-refractivity contribution < 1.29 is 111 Å². The molecule has 0 saturated carbocycles. The van der Waals surface area contributed by atoms with E-state index >= 15 is 0 Å². The van der Waals surface area contributed by atoms with Gasteiger partial charge in [0.25, 0.3) is 12.7 Å². The number of alkyl halides is 20. The predicted molar refractivity (Wildman–Crippen MR) is 94.8 cm³/mol. The van der Waals surface area contributed by atoms with Gasteiger partial charge >= 0.3 is 48.6 Å². The highest BCUT2D eigenvalue weighted by molar-refractivity contribution is 6.08. The normalized spacial score (nSPS) is 17.4. The van der Waals surface area contributed by atoms with Crippen LogP contribution in [0.15, 0.2) is 0 Å². The highest BCUT2D eigenvalue weighted by Gasteiger charge is 2.77. The maximum Gasteiger partial charge on any atom is 0.462 e. The van der Waals surface area contributed by atoms with Crippen LogP contribution in [0.3, 0.4) is 0 Å². The minimum atomic E-state index is -7.29. The summed E-state index contributed by atoms with van der Waals surface area (Å²) in [5.74, 6) is -14.6. The monoisotopic (exact) mass is 696 g/mol. The molecule has 0 aromatic carbocycles. The molecule has 0 aromatic rings. The number of halogens is 20. The fraction of sp³-hybridized carbons (Fsp3) is 1.00. The zero-order chi connectivity index (χ0) is 33.8. The summed E-state index contributed by atoms with van der Waals surface area (Å²) >= 11 is 0. The molecule has 0 saturated heterocycles. The highest BCUT2D eigenvalue weighted by atomic mass is 28.1. The van der Waals surface area contributed by atoms with Gasteiger partial charge in [0, 0.05) is 16.8 Å². The molecule has 0 aliphatic rings. The van der Waals surface area contributed by atoms with Crippen molar-refractivity contribution in [2.75, 3.05) is 19.8 Å². The van der Waals surface area contributed by atoms with E-state index in [0.29, 0.717) is 16.3 Å². The lowest BCUT2D eigenvalue weighted by atomic mass is 10.3. The predicted octanol–water partition coefficient (Wildman–Crippen LogP) is 5.97. The minimum Gasteiger partial charge on any atom is -0.379 e. The molecule has 3 unspecified atom stereocenters. The standard InChI is InChI=1S/C16H16F20O5Si/c17-7(40-15(33,34)11(23,24)13(27,28)29)9(19,20)38-5-6(4-37-2-1-3-42)39-10(21,22)8(18)41-16(35,36)12(25,26)14(30,31)32/h6-8H,1-5H2,42H3. The van der Waals surface area contributed by atoms with E-state index in [4.69, 9.17) is 0 Å². The molecule has 0 aromatic heterocycles. The lowest BCUT2D eigenvalue weighted by Gasteiger charge is -2.32. The number of hydrogen-bond acceptors (Lipinski definition) is 5. The van der Waals surface area contributed by atoms with Crippen LogP contribution in [-0.4, -0.2) is 97.5 Å². The first kappa shape index (κ1) is 40.6. The van der Waals surface area contributed by atoms with Gasteiger partial charge in [-0.15, -0.1) is 0 Å². The Labute approximate surface area is 222 Å². The van der Waals surface area contributed by atoms with Crippen LogP contribution in [0.2, 0.25) is 6.04 Å². The third kappa shape index (κ3) is 10.1. The molecular formula is C16H16F20O5Si. The van der Waals surface area contributed by atoms with Crippen LogP contribution in [0.25, 0.3) is 0 Å². The van der Waals surface area contributed by atoms with E-state index in [1.807, 2.05) is 0 Å². The van der Waals surface area contributed by atoms with Gasteiger partial charge in [-0.2, -0.15) is 79.0 Å². The van der Waals surface area contributed by atoms with Gasteiger partial charge < -0.3 is 14.2 Å². The van der Waals surface area contributed by atoms with Gasteiger partial charge in [-0.05, 0) is 6.42 Å². The first-order valence-corrected chi connectivity index (χ1v) is 11.7. The Kier molecular flexibility index (Phi) is 13.3. The van der Waals surface area contributed by atoms with E-state index in [0.717, 1.165) is 0 Å². The fourth-order valence-corrected chi connectivity index (χ4v) is 2.29. The van der Waals surface area contributed by atoms with Crippen LogP contribution in [-0.2, 0) is 23.7 Å². The van der Waals surface area contributed by atoms with E-state index in [2.05, 4.69) is 23.7 Å². The molecule has 0 bridgehead atoms. The van der Waals surface area contributed by atoms with Crippen LogP contribution in [0.4, 0.5) is 87.8 Å². The van der Waals surface area contributed by atoms with Crippen LogP contribution in [0, 0.1) is 0 Å². The quantitative estimate of drug-likeness (QED) is 0.101. The fourth-order valence-electron chi connectivity index (χ4n) is 2.00. The van der Waals surface area contributed by atoms with E-state index in [1.54, 1.807) is 0 Å². The van der Waals surface area contributed by atoms with E-state index in [1.165, 1.54) is 0 Å². The maximum atomic E-state index is 13.8. The molecular weight excluding hydrogens is 680 g/mol. The van der Waals surface area contributed by atoms with Gasteiger partial charge in [0.1, 0.15) is 6.10 Å². The SMILES string of the molecule is FC(OC(F)(F)C(F)(F)C(F)(F)F)C(F)(F)OCC(COCCC[SiH3])OC(F)(F)C(F)OC(F)(F)C(F)(F)C(F)(F)F. The summed E-state index contributed by atoms with van der Waals surface area (Å²) < 4.78 is 273. The van der Waals surface area contributed by atoms with Gasteiger partial charge in [0.05, 0.1) is 13.2 Å². The van der Waals surface area contributed by atoms with Gasteiger partial charge in [-0.25, -0.2) is 8.78 Å². The second kappa shape index (κ2) is 13.7. The summed E-state index contributed by atoms with van der Waals surface area (Å²) in [4.78, 5) is 0. The Morgan fingerprint density at radius 3 is 1.26 bits per heavy atom. The summed E-state index contributed by atoms with van der Waals surface area (Å²) in [7, 11) is 0.490. The van der Waals surface area contributed by atoms with Crippen LogP contribution in [0.5, 0.6) is 0 Å². The highest BCUT2D eigenvalue weighted by Crippen LogP contribution is 2.50. The molecule has 0 N–H and O–H groups in total. The molecule has 26 heteroatoms. The molecule has 0 rings (SSSR count). The summed E-state index contributed by atoms with van der Waals surface area (Å²) in [5.41, 5.74) is 0. The number of ether oxygens (including phenoxy) is 5. The first-order valence-electron chi connectivity index (χ1n) is 10.3. The topological polar surface area (TPSA) is 46.2 Å². The van der Waals surface area contributed by atoms with E-state index < -0.39 is 87.3 Å². The Bertz CT molecular complexity index is 834. The van der Waals surface area contributed by atoms with E-state index in [-0.39, 0.29) is 6.42 Å². The minimum absolute atomic E-state index is 0.0862. The third-order valence-electron chi connectivity index (χ3n) is 4.21. The van der Waals surface area contributed by atoms with Crippen molar-refractivity contribution in [1.82, 2.24) is 0 Å². The van der Waals surface area contributed by atoms with Crippen molar-refractivity contribution in [3.8, 4) is 0 Å². The molecule has 0 aliphatic heterocycles. The van der Waals surface area contributed by atoms with Gasteiger partial charge in [0.15, 0.2) is 0 Å². The van der Waals surface area contributed by atoms with Crippen molar-refractivity contribution in [2.45, 2.75) is 79.9 Å². The van der Waals surface area contributed by atoms with Crippen molar-refractivity contribution in [1.29, 1.82) is 0 Å². The molecule has 42 heavy (non-hydrogen) atoms. The third-order valence-corrected chi connectivity index (χ3v) is 4.91. The Balaban J connectivity index is 5.78. The number of hydrogen-bond donors (Lipinski definition) is 0. The second-order valence-electron chi connectivity index (χ2n) is 7.65. The largest absolute Gasteiger partial charge is 0.462 e. The number of rotatable bonds is 18. The molecule has 0 amide bonds. The molecule has 5 nitrogen and oxygen atoms in total. The Hall–Kier alpha value is -1.38. The lowest BCUT2D eigenvalue weighted by molar-refractivity contribution is -0.472. The second-order valence-corrected chi connectivity index (χ2v) is 8.65. The average molecular weight is 696 g/mol. The van der Waals surface area contributed by atoms with Crippen LogP contribution in [0.1, 0.15) is 6.42 Å². The zero-order valence-electron chi connectivity index (χ0n) is 19.9. The smallest absolute Gasteiger partial charge is 0.379 e. The Morgan fingerprint density at radius 2 is 0.905 bits per heavy atom. The summed E-state index contributed by atoms with van der Waals surface area (Å²) in [6.07, 6.45) is -54.1. The van der Waals surface area contributed by atoms with Crippen molar-refractivity contribution in [2.24, 2.45) is 0 Å². The maximum absolute atomic E-state index is 13.8. The van der Waals surface area contributed by atoms with Gasteiger partial charge in [0.2, 0.25) is 0 Å². The lowest BCUT2D eigenvalue weighted by Crippen LogP contribution is -2.56. The molecule has 0 spiro atoms. The van der Waals surface area contributed by atoms with Crippen LogP contribution >= 0.6 is 0 Å². The Morgan fingerprint density at radius 1 is 0.524 bits per heavy atom. The summed E-state index contributed by atoms with van der Waals surface area (Å²) in [5, 5.41) is 0. The van der Waals surface area contributed by atoms with Crippen molar-refractivity contribution in [3.05, 3.63) is 0 Å². The summed E-state index contributed by atoms with van der Waals surface area (Å²) in [6.45, 7) is -4.42. The van der Waals surface area contributed by atoms with Gasteiger partial charge in [-0.1, -0.05) is 6.04 Å². The molecule has 0 radical (unpaired) electrons. The zero-order valence-corrected chi connectivity index (χ0v) is 21.9. The molecule has 3 atom stereocenters. The molecule has 0 heterocycles. The van der Waals surface area contributed by atoms with Crippen molar-refractivity contribution in [3.63, 3.8) is 0 Å². The van der Waals surface area contributed by atoms with Crippen LogP contribution < -0.4 is 0 Å². The van der Waals surface area contributed by atoms with E-state index in [9.17, 15) is 87.8 Å². The first-order chi connectivity index (χ1) is 18.4. The average Bonchev–Trinajstić information content (AvgIpc) is 2.77. The molecule has 0 fully saturated rings. The van der Waals surface area contributed by atoms with Gasteiger partial charge in [-0.3, -0.25) is 9.47 Å². The summed E-state index contributed by atoms with van der Waals surface area (Å²) in [6, 6.07) is 0.400.